The van der Waals surface area contributed by atoms with Crippen LogP contribution in [-0.4, -0.2) is 53.1 Å². The summed E-state index contributed by atoms with van der Waals surface area (Å²) in [6.45, 7) is 2.26. The molecule has 2 aromatic carbocycles. The molecule has 0 spiro atoms. The van der Waals surface area contributed by atoms with E-state index in [0.29, 0.717) is 19.3 Å². The number of likely N-dealkylation sites (N-methyl/N-ethyl adjacent to an activating group) is 1. The number of fused-ring (bicyclic) bond motifs is 1. The lowest BCUT2D eigenvalue weighted by atomic mass is 9.85. The van der Waals surface area contributed by atoms with E-state index in [4.69, 9.17) is 0 Å². The van der Waals surface area contributed by atoms with Gasteiger partial charge in [-0.25, -0.2) is 0 Å². The molecule has 4 rings (SSSR count). The summed E-state index contributed by atoms with van der Waals surface area (Å²) in [4.78, 5) is 55.3. The average molecular weight is 488 g/mol. The second-order valence-electron chi connectivity index (χ2n) is 9.56. The van der Waals surface area contributed by atoms with Crippen LogP contribution in [0.15, 0.2) is 66.7 Å². The van der Waals surface area contributed by atoms with E-state index in [-0.39, 0.29) is 55.0 Å². The Morgan fingerprint density at radius 3 is 2.22 bits per heavy atom. The maximum atomic E-state index is 13.7. The highest BCUT2D eigenvalue weighted by Gasteiger charge is 2.47. The van der Waals surface area contributed by atoms with Crippen LogP contribution in [0.4, 0.5) is 0 Å². The van der Waals surface area contributed by atoms with Crippen LogP contribution in [0, 0.1) is 18.8 Å². The Kier molecular flexibility index (Phi) is 7.98. The van der Waals surface area contributed by atoms with Crippen molar-refractivity contribution in [1.82, 2.24) is 15.1 Å². The molecule has 7 heteroatoms. The summed E-state index contributed by atoms with van der Waals surface area (Å²) in [6, 6.07) is 16.7. The molecule has 1 aliphatic carbocycles. The number of carbonyl (C=O) groups excluding carboxylic acids is 4. The molecule has 2 aromatic rings. The monoisotopic (exact) mass is 487 g/mol. The van der Waals surface area contributed by atoms with Crippen LogP contribution in [0.1, 0.15) is 36.0 Å². The molecule has 36 heavy (non-hydrogen) atoms. The van der Waals surface area contributed by atoms with E-state index >= 15 is 0 Å². The molecule has 4 amide bonds. The molecular weight excluding hydrogens is 454 g/mol. The van der Waals surface area contributed by atoms with Crippen molar-refractivity contribution >= 4 is 23.6 Å². The van der Waals surface area contributed by atoms with Gasteiger partial charge in [0.2, 0.25) is 23.6 Å². The third-order valence-electron chi connectivity index (χ3n) is 7.10. The Hall–Kier alpha value is -3.74. The molecule has 0 aromatic heterocycles. The summed E-state index contributed by atoms with van der Waals surface area (Å²) in [5, 5.41) is 2.70. The number of aryl methyl sites for hydroxylation is 1. The van der Waals surface area contributed by atoms with Gasteiger partial charge in [0.15, 0.2) is 0 Å². The first-order valence-corrected chi connectivity index (χ1v) is 12.5. The Morgan fingerprint density at radius 1 is 0.972 bits per heavy atom. The normalized spacial score (nSPS) is 19.7. The first kappa shape index (κ1) is 25.4. The summed E-state index contributed by atoms with van der Waals surface area (Å²) < 4.78 is 0. The topological polar surface area (TPSA) is 86.8 Å². The van der Waals surface area contributed by atoms with E-state index in [9.17, 15) is 19.2 Å². The first-order chi connectivity index (χ1) is 17.4. The smallest absolute Gasteiger partial charge is 0.242 e. The molecule has 1 fully saturated rings. The lowest BCUT2D eigenvalue weighted by Crippen LogP contribution is -2.50. The summed E-state index contributed by atoms with van der Waals surface area (Å²) in [5.41, 5.74) is 2.91. The van der Waals surface area contributed by atoms with Crippen molar-refractivity contribution in [3.05, 3.63) is 83.4 Å². The van der Waals surface area contributed by atoms with Gasteiger partial charge in [-0.2, -0.15) is 0 Å². The van der Waals surface area contributed by atoms with Gasteiger partial charge in [0.05, 0.1) is 11.8 Å². The van der Waals surface area contributed by atoms with E-state index in [0.717, 1.165) is 16.7 Å². The van der Waals surface area contributed by atoms with Crippen LogP contribution < -0.4 is 5.32 Å². The zero-order chi connectivity index (χ0) is 25.7. The fourth-order valence-electron chi connectivity index (χ4n) is 5.17. The number of rotatable bonds is 9. The van der Waals surface area contributed by atoms with Crippen molar-refractivity contribution in [3.8, 4) is 0 Å². The number of benzene rings is 2. The van der Waals surface area contributed by atoms with Gasteiger partial charge in [0, 0.05) is 33.0 Å². The SMILES string of the molecule is CNC(=O)[C@H](Cc1ccccc1)N(Cc1cccc(C)c1)C(=O)CCN1C(=O)[C@H]2CC=CC[C@H]2C1=O. The van der Waals surface area contributed by atoms with Crippen LogP contribution in [-0.2, 0) is 32.1 Å². The van der Waals surface area contributed by atoms with Gasteiger partial charge in [-0.05, 0) is 30.9 Å². The molecule has 0 saturated carbocycles. The third-order valence-corrected chi connectivity index (χ3v) is 7.10. The summed E-state index contributed by atoms with van der Waals surface area (Å²) >= 11 is 0. The van der Waals surface area contributed by atoms with Gasteiger partial charge < -0.3 is 10.2 Å². The highest BCUT2D eigenvalue weighted by Crippen LogP contribution is 2.35. The van der Waals surface area contributed by atoms with Crippen LogP contribution in [0.25, 0.3) is 0 Å². The molecular formula is C29H33N3O4. The highest BCUT2D eigenvalue weighted by molar-refractivity contribution is 6.05. The van der Waals surface area contributed by atoms with Crippen LogP contribution in [0.2, 0.25) is 0 Å². The average Bonchev–Trinajstić information content (AvgIpc) is 3.14. The maximum absolute atomic E-state index is 13.7. The Bertz CT molecular complexity index is 1130. The Morgan fingerprint density at radius 2 is 1.61 bits per heavy atom. The van der Waals surface area contributed by atoms with Gasteiger partial charge in [0.25, 0.3) is 0 Å². The molecule has 2 aliphatic rings. The van der Waals surface area contributed by atoms with E-state index in [1.54, 1.807) is 11.9 Å². The Labute approximate surface area is 212 Å². The van der Waals surface area contributed by atoms with Crippen LogP contribution >= 0.6 is 0 Å². The molecule has 1 saturated heterocycles. The molecule has 0 radical (unpaired) electrons. The zero-order valence-electron chi connectivity index (χ0n) is 20.9. The number of hydrogen-bond acceptors (Lipinski definition) is 4. The number of imide groups is 1. The molecule has 1 N–H and O–H groups in total. The molecule has 1 heterocycles. The lowest BCUT2D eigenvalue weighted by molar-refractivity contribution is -0.144. The number of allylic oxidation sites excluding steroid dienone is 2. The number of carbonyl (C=O) groups is 4. The van der Waals surface area contributed by atoms with Crippen molar-refractivity contribution in [2.24, 2.45) is 11.8 Å². The van der Waals surface area contributed by atoms with E-state index < -0.39 is 6.04 Å². The largest absolute Gasteiger partial charge is 0.357 e. The van der Waals surface area contributed by atoms with E-state index in [1.807, 2.05) is 73.7 Å². The minimum absolute atomic E-state index is 0.0274. The number of amides is 4. The van der Waals surface area contributed by atoms with Gasteiger partial charge in [0.1, 0.15) is 6.04 Å². The highest BCUT2D eigenvalue weighted by atomic mass is 16.2. The number of likely N-dealkylation sites (tertiary alicyclic amines) is 1. The number of hydrogen-bond donors (Lipinski definition) is 1. The summed E-state index contributed by atoms with van der Waals surface area (Å²) in [7, 11) is 1.56. The van der Waals surface area contributed by atoms with Crippen molar-refractivity contribution < 1.29 is 19.2 Å². The molecule has 3 atom stereocenters. The first-order valence-electron chi connectivity index (χ1n) is 12.5. The summed E-state index contributed by atoms with van der Waals surface area (Å²) in [5.74, 6) is -1.56. The minimum atomic E-state index is -0.734. The predicted molar refractivity (Wildman–Crippen MR) is 136 cm³/mol. The number of nitrogens with one attached hydrogen (secondary N) is 1. The van der Waals surface area contributed by atoms with Gasteiger partial charge in [-0.3, -0.25) is 24.1 Å². The fourth-order valence-corrected chi connectivity index (χ4v) is 5.17. The zero-order valence-corrected chi connectivity index (χ0v) is 20.9. The molecule has 188 valence electrons. The minimum Gasteiger partial charge on any atom is -0.357 e. The van der Waals surface area contributed by atoms with Crippen LogP contribution in [0.3, 0.4) is 0 Å². The van der Waals surface area contributed by atoms with Crippen molar-refractivity contribution in [2.45, 2.75) is 45.2 Å². The molecule has 1 aliphatic heterocycles. The van der Waals surface area contributed by atoms with Gasteiger partial charge in [-0.15, -0.1) is 0 Å². The Balaban J connectivity index is 1.56. The fraction of sp³-hybridized carbons (Fsp3) is 0.379. The van der Waals surface area contributed by atoms with E-state index in [2.05, 4.69) is 5.32 Å². The van der Waals surface area contributed by atoms with E-state index in [1.165, 1.54) is 4.90 Å². The maximum Gasteiger partial charge on any atom is 0.242 e. The lowest BCUT2D eigenvalue weighted by Gasteiger charge is -2.31. The van der Waals surface area contributed by atoms with Gasteiger partial charge in [-0.1, -0.05) is 72.3 Å². The second-order valence-corrected chi connectivity index (χ2v) is 9.56. The predicted octanol–water partition coefficient (Wildman–Crippen LogP) is 3.02. The standard InChI is InChI=1S/C29H33N3O4/c1-20-9-8-12-22(17-20)19-32(25(27(34)30-2)18-21-10-4-3-5-11-21)26(33)15-16-31-28(35)23-13-6-7-14-24(23)29(31)36/h3-12,17,23-25H,13-16,18-19H2,1-2H3,(H,30,34)/t23-,24+,25-/m0/s1. The van der Waals surface area contributed by atoms with Crippen molar-refractivity contribution in [2.75, 3.05) is 13.6 Å². The molecule has 0 unspecified atom stereocenters. The van der Waals surface area contributed by atoms with Crippen LogP contribution in [0.5, 0.6) is 0 Å². The van der Waals surface area contributed by atoms with Crippen molar-refractivity contribution in [1.29, 1.82) is 0 Å². The van der Waals surface area contributed by atoms with Gasteiger partial charge >= 0.3 is 0 Å². The summed E-state index contributed by atoms with van der Waals surface area (Å²) in [6.07, 6.45) is 5.35. The molecule has 7 nitrogen and oxygen atoms in total. The quantitative estimate of drug-likeness (QED) is 0.435. The molecule has 0 bridgehead atoms. The van der Waals surface area contributed by atoms with Crippen molar-refractivity contribution in [3.63, 3.8) is 0 Å². The third kappa shape index (κ3) is 5.56. The second kappa shape index (κ2) is 11.3. The number of nitrogens with zero attached hydrogens (tertiary/aromatic N) is 2.